The fourth-order valence-electron chi connectivity index (χ4n) is 2.22. The first-order chi connectivity index (χ1) is 9.56. The minimum Gasteiger partial charge on any atom is -0.488 e. The summed E-state index contributed by atoms with van der Waals surface area (Å²) in [6.07, 6.45) is 0. The van der Waals surface area contributed by atoms with Crippen LogP contribution in [0.15, 0.2) is 36.4 Å². The molecular formula is C15H8Cl2O3. The smallest absolute Gasteiger partial charge is 0.252 e. The second kappa shape index (κ2) is 4.93. The highest BCUT2D eigenvalue weighted by atomic mass is 35.5. The Bertz CT molecular complexity index is 738. The summed E-state index contributed by atoms with van der Waals surface area (Å²) in [4.78, 5) is 22.4. The van der Waals surface area contributed by atoms with E-state index in [1.54, 1.807) is 30.3 Å². The van der Waals surface area contributed by atoms with Crippen molar-refractivity contribution < 1.29 is 14.3 Å². The minimum atomic E-state index is -0.535. The summed E-state index contributed by atoms with van der Waals surface area (Å²) in [5, 5.41) is -1.04. The van der Waals surface area contributed by atoms with E-state index in [4.69, 9.17) is 27.9 Å². The molecule has 5 heteroatoms. The highest BCUT2D eigenvalue weighted by Crippen LogP contribution is 2.38. The molecule has 0 unspecified atom stereocenters. The number of benzene rings is 2. The zero-order valence-corrected chi connectivity index (χ0v) is 11.7. The highest BCUT2D eigenvalue weighted by Gasteiger charge is 2.19. The van der Waals surface area contributed by atoms with Gasteiger partial charge in [0.2, 0.25) is 0 Å². The second-order valence-corrected chi connectivity index (χ2v) is 5.11. The molecule has 0 atom stereocenters. The van der Waals surface area contributed by atoms with Gasteiger partial charge in [0.15, 0.2) is 0 Å². The van der Waals surface area contributed by atoms with E-state index in [9.17, 15) is 9.59 Å². The fraction of sp³-hybridized carbons (Fsp3) is 0.0667. The first kappa shape index (κ1) is 13.2. The van der Waals surface area contributed by atoms with Crippen molar-refractivity contribution in [3.63, 3.8) is 0 Å². The van der Waals surface area contributed by atoms with Gasteiger partial charge in [-0.1, -0.05) is 6.07 Å². The highest BCUT2D eigenvalue weighted by molar-refractivity contribution is 6.68. The van der Waals surface area contributed by atoms with Crippen molar-refractivity contribution in [2.45, 2.75) is 6.61 Å². The molecule has 0 bridgehead atoms. The van der Waals surface area contributed by atoms with Gasteiger partial charge in [0.25, 0.3) is 10.5 Å². The predicted molar refractivity (Wildman–Crippen MR) is 76.6 cm³/mol. The van der Waals surface area contributed by atoms with Crippen LogP contribution in [0.4, 0.5) is 0 Å². The molecule has 1 heterocycles. The molecule has 1 aliphatic rings. The largest absolute Gasteiger partial charge is 0.488 e. The first-order valence-electron chi connectivity index (χ1n) is 5.86. The van der Waals surface area contributed by atoms with E-state index in [1.807, 2.05) is 6.07 Å². The topological polar surface area (TPSA) is 43.4 Å². The van der Waals surface area contributed by atoms with E-state index < -0.39 is 10.5 Å². The van der Waals surface area contributed by atoms with Gasteiger partial charge in [0.05, 0.1) is 0 Å². The molecule has 0 aliphatic carbocycles. The quantitative estimate of drug-likeness (QED) is 0.788. The maximum absolute atomic E-state index is 11.3. The van der Waals surface area contributed by atoms with E-state index >= 15 is 0 Å². The van der Waals surface area contributed by atoms with Gasteiger partial charge in [-0.25, -0.2) is 0 Å². The van der Waals surface area contributed by atoms with Crippen molar-refractivity contribution in [2.24, 2.45) is 0 Å². The molecule has 0 N–H and O–H groups in total. The van der Waals surface area contributed by atoms with Gasteiger partial charge in [0, 0.05) is 16.7 Å². The Morgan fingerprint density at radius 2 is 1.55 bits per heavy atom. The maximum Gasteiger partial charge on any atom is 0.252 e. The van der Waals surface area contributed by atoms with Crippen molar-refractivity contribution in [3.8, 4) is 16.9 Å². The van der Waals surface area contributed by atoms with Crippen LogP contribution in [-0.4, -0.2) is 10.5 Å². The monoisotopic (exact) mass is 306 g/mol. The number of ether oxygens (including phenoxy) is 1. The van der Waals surface area contributed by atoms with Crippen LogP contribution < -0.4 is 4.74 Å². The summed E-state index contributed by atoms with van der Waals surface area (Å²) in [5.74, 6) is 0.572. The Labute approximate surface area is 125 Å². The van der Waals surface area contributed by atoms with E-state index in [2.05, 4.69) is 0 Å². The first-order valence-corrected chi connectivity index (χ1v) is 6.61. The Morgan fingerprint density at radius 1 is 0.900 bits per heavy atom. The number of hydrogen-bond acceptors (Lipinski definition) is 3. The van der Waals surface area contributed by atoms with E-state index in [0.29, 0.717) is 23.5 Å². The fourth-order valence-corrected chi connectivity index (χ4v) is 2.45. The molecule has 2 aromatic rings. The Morgan fingerprint density at radius 3 is 2.25 bits per heavy atom. The third-order valence-electron chi connectivity index (χ3n) is 3.22. The number of halogens is 2. The van der Waals surface area contributed by atoms with Crippen LogP contribution in [0.25, 0.3) is 11.1 Å². The lowest BCUT2D eigenvalue weighted by Crippen LogP contribution is -2.07. The molecule has 0 spiro atoms. The van der Waals surface area contributed by atoms with Crippen molar-refractivity contribution in [1.82, 2.24) is 0 Å². The average Bonchev–Trinajstić information content (AvgIpc) is 2.45. The molecule has 3 rings (SSSR count). The van der Waals surface area contributed by atoms with Crippen LogP contribution in [0.2, 0.25) is 0 Å². The molecule has 0 aromatic heterocycles. The van der Waals surface area contributed by atoms with Gasteiger partial charge in [-0.3, -0.25) is 9.59 Å². The molecule has 1 aliphatic heterocycles. The zero-order valence-electron chi connectivity index (χ0n) is 10.2. The summed E-state index contributed by atoms with van der Waals surface area (Å²) >= 11 is 11.0. The number of carbonyl (C=O) groups excluding carboxylic acids is 2. The standard InChI is InChI=1S/C15H8Cl2O3/c16-14(18)8-1-2-10-7-20-13-6-9(15(17)19)3-4-11(13)12(10)5-8/h1-6H,7H2. The molecule has 20 heavy (non-hydrogen) atoms. The van der Waals surface area contributed by atoms with Crippen LogP contribution in [0, 0.1) is 0 Å². The molecule has 0 amide bonds. The van der Waals surface area contributed by atoms with Crippen LogP contribution in [0.5, 0.6) is 5.75 Å². The molecule has 0 radical (unpaired) electrons. The van der Waals surface area contributed by atoms with E-state index in [-0.39, 0.29) is 0 Å². The Balaban J connectivity index is 2.16. The molecule has 0 saturated heterocycles. The number of fused-ring (bicyclic) bond motifs is 3. The van der Waals surface area contributed by atoms with Crippen LogP contribution in [-0.2, 0) is 6.61 Å². The number of carbonyl (C=O) groups is 2. The molecule has 3 nitrogen and oxygen atoms in total. The summed E-state index contributed by atoms with van der Waals surface area (Å²) in [6, 6.07) is 10.2. The van der Waals surface area contributed by atoms with Gasteiger partial charge >= 0.3 is 0 Å². The zero-order chi connectivity index (χ0) is 14.3. The van der Waals surface area contributed by atoms with Crippen molar-refractivity contribution >= 4 is 33.7 Å². The summed E-state index contributed by atoms with van der Waals surface area (Å²) in [6.45, 7) is 0.374. The third-order valence-corrected chi connectivity index (χ3v) is 3.66. The van der Waals surface area contributed by atoms with Gasteiger partial charge in [-0.2, -0.15) is 0 Å². The predicted octanol–water partition coefficient (Wildman–Crippen LogP) is 4.00. The Hall–Kier alpha value is -1.84. The van der Waals surface area contributed by atoms with E-state index in [1.165, 1.54) is 0 Å². The summed E-state index contributed by atoms with van der Waals surface area (Å²) in [7, 11) is 0. The normalized spacial score (nSPS) is 12.1. The summed E-state index contributed by atoms with van der Waals surface area (Å²) < 4.78 is 5.61. The third kappa shape index (κ3) is 2.19. The SMILES string of the molecule is O=C(Cl)c1ccc2c(c1)OCc1ccc(C(=O)Cl)cc1-2. The maximum atomic E-state index is 11.3. The molecule has 0 fully saturated rings. The Kier molecular flexibility index (Phi) is 3.24. The lowest BCUT2D eigenvalue weighted by molar-refractivity contribution is 0.107. The lowest BCUT2D eigenvalue weighted by atomic mass is 9.94. The lowest BCUT2D eigenvalue weighted by Gasteiger charge is -2.21. The molecule has 100 valence electrons. The van der Waals surface area contributed by atoms with Gasteiger partial charge in [0.1, 0.15) is 12.4 Å². The van der Waals surface area contributed by atoms with Gasteiger partial charge < -0.3 is 4.74 Å². The van der Waals surface area contributed by atoms with E-state index in [0.717, 1.165) is 16.7 Å². The van der Waals surface area contributed by atoms with Crippen molar-refractivity contribution in [1.29, 1.82) is 0 Å². The van der Waals surface area contributed by atoms with Gasteiger partial charge in [-0.15, -0.1) is 0 Å². The van der Waals surface area contributed by atoms with Crippen molar-refractivity contribution in [3.05, 3.63) is 53.1 Å². The van der Waals surface area contributed by atoms with Crippen LogP contribution in [0.3, 0.4) is 0 Å². The molecule has 2 aromatic carbocycles. The van der Waals surface area contributed by atoms with Crippen molar-refractivity contribution in [2.75, 3.05) is 0 Å². The van der Waals surface area contributed by atoms with Gasteiger partial charge in [-0.05, 0) is 64.7 Å². The molecular weight excluding hydrogens is 299 g/mol. The number of rotatable bonds is 2. The average molecular weight is 307 g/mol. The molecule has 0 saturated carbocycles. The van der Waals surface area contributed by atoms with Crippen LogP contribution >= 0.6 is 23.2 Å². The van der Waals surface area contributed by atoms with Crippen LogP contribution in [0.1, 0.15) is 26.3 Å². The minimum absolute atomic E-state index is 0.374. The number of hydrogen-bond donors (Lipinski definition) is 0. The second-order valence-electron chi connectivity index (χ2n) is 4.42. The summed E-state index contributed by atoms with van der Waals surface area (Å²) in [5.41, 5.74) is 3.46.